The van der Waals surface area contributed by atoms with E-state index in [9.17, 15) is 5.11 Å². The maximum Gasteiger partial charge on any atom is 0.146 e. The number of hydrogen-bond acceptors (Lipinski definition) is 3. The summed E-state index contributed by atoms with van der Waals surface area (Å²) >= 11 is 6.11. The summed E-state index contributed by atoms with van der Waals surface area (Å²) < 4.78 is 5.65. The van der Waals surface area contributed by atoms with Crippen LogP contribution < -0.4 is 4.74 Å². The monoisotopic (exact) mass is 278 g/mol. The highest BCUT2D eigenvalue weighted by Gasteiger charge is 2.07. The molecule has 0 aliphatic rings. The summed E-state index contributed by atoms with van der Waals surface area (Å²) in [7, 11) is 0. The van der Waals surface area contributed by atoms with Gasteiger partial charge < -0.3 is 14.9 Å². The first-order chi connectivity index (χ1) is 9.10. The summed E-state index contributed by atoms with van der Waals surface area (Å²) in [5.41, 5.74) is 1.57. The molecule has 19 heavy (non-hydrogen) atoms. The Kier molecular flexibility index (Phi) is 4.43. The van der Waals surface area contributed by atoms with Gasteiger partial charge in [0.2, 0.25) is 0 Å². The van der Waals surface area contributed by atoms with E-state index in [-0.39, 0.29) is 6.61 Å². The van der Waals surface area contributed by atoms with Crippen LogP contribution in [-0.2, 0) is 6.61 Å². The van der Waals surface area contributed by atoms with Gasteiger partial charge in [0.25, 0.3) is 0 Å². The molecule has 0 radical (unpaired) electrons. The molecule has 0 unspecified atom stereocenters. The zero-order chi connectivity index (χ0) is 13.8. The molecule has 1 atom stereocenters. The lowest BCUT2D eigenvalue weighted by Crippen LogP contribution is -1.92. The minimum Gasteiger partial charge on any atom is -0.456 e. The van der Waals surface area contributed by atoms with Crippen LogP contribution in [0, 0.1) is 0 Å². The average Bonchev–Trinajstić information content (AvgIpc) is 2.41. The van der Waals surface area contributed by atoms with Gasteiger partial charge in [-0.15, -0.1) is 0 Å². The molecule has 100 valence electrons. The number of aliphatic hydroxyl groups excluding tert-OH is 2. The standard InChI is InChI=1S/C15H15ClO3/c1-10(18)12-4-7-15(14(16)8-12)19-13-5-2-11(9-17)3-6-13/h2-8,10,17-18H,9H2,1H3/t10-/m1/s1. The number of aliphatic hydroxyl groups is 2. The number of rotatable bonds is 4. The third-order valence-corrected chi connectivity index (χ3v) is 3.07. The fourth-order valence-electron chi connectivity index (χ4n) is 1.65. The van der Waals surface area contributed by atoms with Gasteiger partial charge in [-0.3, -0.25) is 0 Å². The van der Waals surface area contributed by atoms with Crippen molar-refractivity contribution in [2.45, 2.75) is 19.6 Å². The van der Waals surface area contributed by atoms with E-state index in [0.717, 1.165) is 11.1 Å². The first kappa shape index (κ1) is 13.9. The molecule has 2 aromatic carbocycles. The fourth-order valence-corrected chi connectivity index (χ4v) is 1.88. The van der Waals surface area contributed by atoms with Crippen LogP contribution in [0.1, 0.15) is 24.2 Å². The number of halogens is 1. The molecule has 0 amide bonds. The number of hydrogen-bond donors (Lipinski definition) is 2. The van der Waals surface area contributed by atoms with Crippen molar-refractivity contribution in [1.29, 1.82) is 0 Å². The Hall–Kier alpha value is -1.55. The molecular formula is C15H15ClO3. The summed E-state index contributed by atoms with van der Waals surface area (Å²) in [5.74, 6) is 1.17. The molecule has 2 N–H and O–H groups in total. The molecule has 3 nitrogen and oxygen atoms in total. The van der Waals surface area contributed by atoms with Gasteiger partial charge >= 0.3 is 0 Å². The van der Waals surface area contributed by atoms with Gasteiger partial charge in [-0.25, -0.2) is 0 Å². The maximum absolute atomic E-state index is 9.46. The van der Waals surface area contributed by atoms with Crippen LogP contribution in [0.5, 0.6) is 11.5 Å². The lowest BCUT2D eigenvalue weighted by molar-refractivity contribution is 0.199. The van der Waals surface area contributed by atoms with Crippen molar-refractivity contribution in [2.75, 3.05) is 0 Å². The minimum atomic E-state index is -0.560. The van der Waals surface area contributed by atoms with Gasteiger partial charge in [0.05, 0.1) is 17.7 Å². The van der Waals surface area contributed by atoms with Crippen molar-refractivity contribution in [3.63, 3.8) is 0 Å². The predicted octanol–water partition coefficient (Wildman–Crippen LogP) is 3.68. The zero-order valence-corrected chi connectivity index (χ0v) is 11.3. The van der Waals surface area contributed by atoms with Crippen LogP contribution in [0.2, 0.25) is 5.02 Å². The highest BCUT2D eigenvalue weighted by Crippen LogP contribution is 2.31. The topological polar surface area (TPSA) is 49.7 Å². The molecule has 0 heterocycles. The maximum atomic E-state index is 9.46. The third kappa shape index (κ3) is 3.47. The lowest BCUT2D eigenvalue weighted by atomic mass is 10.1. The number of ether oxygens (including phenoxy) is 1. The van der Waals surface area contributed by atoms with Crippen molar-refractivity contribution in [1.82, 2.24) is 0 Å². The summed E-state index contributed by atoms with van der Waals surface area (Å²) in [5, 5.41) is 18.9. The van der Waals surface area contributed by atoms with Gasteiger partial charge in [0.15, 0.2) is 0 Å². The van der Waals surface area contributed by atoms with Crippen LogP contribution in [0.25, 0.3) is 0 Å². The molecule has 0 aromatic heterocycles. The predicted molar refractivity (Wildman–Crippen MR) is 74.5 cm³/mol. The molecule has 0 spiro atoms. The normalized spacial score (nSPS) is 12.2. The van der Waals surface area contributed by atoms with Gasteiger partial charge in [-0.2, -0.15) is 0 Å². The second kappa shape index (κ2) is 6.06. The van der Waals surface area contributed by atoms with Gasteiger partial charge in [-0.05, 0) is 42.3 Å². The molecule has 0 aliphatic carbocycles. The summed E-state index contributed by atoms with van der Waals surface area (Å²) in [4.78, 5) is 0. The summed E-state index contributed by atoms with van der Waals surface area (Å²) in [6.45, 7) is 1.68. The van der Waals surface area contributed by atoms with Crippen LogP contribution in [-0.4, -0.2) is 10.2 Å². The largest absolute Gasteiger partial charge is 0.456 e. The molecule has 0 bridgehead atoms. The molecule has 4 heteroatoms. The second-order valence-electron chi connectivity index (χ2n) is 4.27. The van der Waals surface area contributed by atoms with E-state index in [2.05, 4.69) is 0 Å². The van der Waals surface area contributed by atoms with Crippen molar-refractivity contribution in [2.24, 2.45) is 0 Å². The zero-order valence-electron chi connectivity index (χ0n) is 10.5. The second-order valence-corrected chi connectivity index (χ2v) is 4.68. The average molecular weight is 279 g/mol. The molecule has 0 fully saturated rings. The van der Waals surface area contributed by atoms with Gasteiger partial charge in [0.1, 0.15) is 11.5 Å². The van der Waals surface area contributed by atoms with E-state index in [1.165, 1.54) is 0 Å². The van der Waals surface area contributed by atoms with Gasteiger partial charge in [-0.1, -0.05) is 29.8 Å². The van der Waals surface area contributed by atoms with Crippen molar-refractivity contribution in [3.8, 4) is 11.5 Å². The van der Waals surface area contributed by atoms with E-state index in [1.807, 2.05) is 0 Å². The van der Waals surface area contributed by atoms with E-state index >= 15 is 0 Å². The Morgan fingerprint density at radius 1 is 1.16 bits per heavy atom. The first-order valence-electron chi connectivity index (χ1n) is 5.95. The fraction of sp³-hybridized carbons (Fsp3) is 0.200. The molecular weight excluding hydrogens is 264 g/mol. The molecule has 0 aliphatic heterocycles. The van der Waals surface area contributed by atoms with E-state index in [0.29, 0.717) is 16.5 Å². The van der Waals surface area contributed by atoms with Crippen LogP contribution in [0.3, 0.4) is 0 Å². The Morgan fingerprint density at radius 2 is 1.84 bits per heavy atom. The van der Waals surface area contributed by atoms with Crippen LogP contribution in [0.4, 0.5) is 0 Å². The highest BCUT2D eigenvalue weighted by molar-refractivity contribution is 6.32. The molecule has 0 saturated carbocycles. The van der Waals surface area contributed by atoms with E-state index in [4.69, 9.17) is 21.4 Å². The Balaban J connectivity index is 2.18. The quantitative estimate of drug-likeness (QED) is 0.897. The van der Waals surface area contributed by atoms with E-state index in [1.54, 1.807) is 49.4 Å². The SMILES string of the molecule is C[C@@H](O)c1ccc(Oc2ccc(CO)cc2)c(Cl)c1. The van der Waals surface area contributed by atoms with Crippen LogP contribution >= 0.6 is 11.6 Å². The van der Waals surface area contributed by atoms with Gasteiger partial charge in [0, 0.05) is 0 Å². The molecule has 2 rings (SSSR count). The Bertz CT molecular complexity index is 550. The summed E-state index contributed by atoms with van der Waals surface area (Å²) in [6, 6.07) is 12.3. The van der Waals surface area contributed by atoms with E-state index < -0.39 is 6.10 Å². The Labute approximate surface area is 117 Å². The van der Waals surface area contributed by atoms with Crippen molar-refractivity contribution in [3.05, 3.63) is 58.6 Å². The Morgan fingerprint density at radius 3 is 2.37 bits per heavy atom. The number of benzene rings is 2. The van der Waals surface area contributed by atoms with Crippen LogP contribution in [0.15, 0.2) is 42.5 Å². The van der Waals surface area contributed by atoms with Crippen molar-refractivity contribution < 1.29 is 14.9 Å². The summed E-state index contributed by atoms with van der Waals surface area (Å²) in [6.07, 6.45) is -0.560. The molecule has 0 saturated heterocycles. The molecule has 2 aromatic rings. The van der Waals surface area contributed by atoms with Crippen molar-refractivity contribution >= 4 is 11.6 Å². The minimum absolute atomic E-state index is 0.00409. The first-order valence-corrected chi connectivity index (χ1v) is 6.33. The smallest absolute Gasteiger partial charge is 0.146 e. The lowest BCUT2D eigenvalue weighted by Gasteiger charge is -2.10. The third-order valence-electron chi connectivity index (χ3n) is 2.77. The highest BCUT2D eigenvalue weighted by atomic mass is 35.5.